The van der Waals surface area contributed by atoms with Gasteiger partial charge in [-0.05, 0) is 42.8 Å². The third kappa shape index (κ3) is 2.69. The van der Waals surface area contributed by atoms with Gasteiger partial charge in [-0.15, -0.1) is 0 Å². The lowest BCUT2D eigenvalue weighted by Crippen LogP contribution is -2.30. The molecule has 3 rings (SSSR count). The Labute approximate surface area is 123 Å². The first-order valence-corrected chi connectivity index (χ1v) is 6.77. The molecule has 1 aromatic carbocycles. The van der Waals surface area contributed by atoms with E-state index in [-0.39, 0.29) is 6.04 Å². The van der Waals surface area contributed by atoms with Crippen molar-refractivity contribution >= 4 is 0 Å². The van der Waals surface area contributed by atoms with Gasteiger partial charge in [0.15, 0.2) is 0 Å². The number of para-hydroxylation sites is 1. The van der Waals surface area contributed by atoms with E-state index in [0.717, 1.165) is 22.6 Å². The van der Waals surface area contributed by atoms with E-state index in [1.54, 1.807) is 12.4 Å². The first-order valence-electron chi connectivity index (χ1n) is 6.77. The monoisotopic (exact) mass is 279 g/mol. The maximum Gasteiger partial charge on any atom is 0.0884 e. The van der Waals surface area contributed by atoms with Crippen LogP contribution < -0.4 is 11.3 Å². The lowest BCUT2D eigenvalue weighted by atomic mass is 10.0. The lowest BCUT2D eigenvalue weighted by Gasteiger charge is -2.18. The Morgan fingerprint density at radius 2 is 1.90 bits per heavy atom. The number of hydrogen-bond acceptors (Lipinski definition) is 4. The molecule has 0 aliphatic heterocycles. The highest BCUT2D eigenvalue weighted by Gasteiger charge is 2.18. The molecular formula is C16H17N5. The van der Waals surface area contributed by atoms with Crippen LogP contribution in [0.3, 0.4) is 0 Å². The van der Waals surface area contributed by atoms with Crippen LogP contribution in [-0.2, 0) is 0 Å². The normalized spacial score (nSPS) is 12.3. The van der Waals surface area contributed by atoms with Crippen LogP contribution in [0, 0.1) is 6.92 Å². The Bertz CT molecular complexity index is 720. The van der Waals surface area contributed by atoms with Crippen LogP contribution in [0.1, 0.15) is 23.0 Å². The molecule has 1 unspecified atom stereocenters. The van der Waals surface area contributed by atoms with Crippen molar-refractivity contribution in [2.45, 2.75) is 13.0 Å². The van der Waals surface area contributed by atoms with Gasteiger partial charge >= 0.3 is 0 Å². The molecular weight excluding hydrogens is 262 g/mol. The number of hydrogen-bond donors (Lipinski definition) is 2. The highest BCUT2D eigenvalue weighted by molar-refractivity contribution is 5.36. The van der Waals surface area contributed by atoms with Gasteiger partial charge in [0, 0.05) is 18.1 Å². The van der Waals surface area contributed by atoms with E-state index in [1.165, 1.54) is 0 Å². The summed E-state index contributed by atoms with van der Waals surface area (Å²) in [5.41, 5.74) is 6.87. The summed E-state index contributed by atoms with van der Waals surface area (Å²) in [6.45, 7) is 1.96. The Morgan fingerprint density at radius 3 is 2.62 bits per heavy atom. The quantitative estimate of drug-likeness (QED) is 0.567. The summed E-state index contributed by atoms with van der Waals surface area (Å²) in [6, 6.07) is 15.8. The Hall–Kier alpha value is -2.50. The molecule has 1 atom stereocenters. The molecule has 0 fully saturated rings. The second-order valence-corrected chi connectivity index (χ2v) is 4.83. The molecule has 0 spiro atoms. The summed E-state index contributed by atoms with van der Waals surface area (Å²) >= 11 is 0. The molecule has 5 nitrogen and oxygen atoms in total. The van der Waals surface area contributed by atoms with Crippen molar-refractivity contribution < 1.29 is 0 Å². The van der Waals surface area contributed by atoms with Crippen molar-refractivity contribution in [3.05, 3.63) is 77.9 Å². The third-order valence-electron chi connectivity index (χ3n) is 3.39. The van der Waals surface area contributed by atoms with Crippen LogP contribution >= 0.6 is 0 Å². The number of pyridine rings is 1. The zero-order valence-corrected chi connectivity index (χ0v) is 11.8. The maximum absolute atomic E-state index is 5.78. The number of aromatic nitrogens is 3. The Morgan fingerprint density at radius 1 is 1.10 bits per heavy atom. The third-order valence-corrected chi connectivity index (χ3v) is 3.39. The minimum absolute atomic E-state index is 0.144. The molecule has 2 heterocycles. The predicted octanol–water partition coefficient (Wildman–Crippen LogP) is 2.13. The highest BCUT2D eigenvalue weighted by atomic mass is 15.3. The van der Waals surface area contributed by atoms with Crippen molar-refractivity contribution in [1.29, 1.82) is 0 Å². The smallest absolute Gasteiger partial charge is 0.0884 e. The van der Waals surface area contributed by atoms with Crippen molar-refractivity contribution in [3.8, 4) is 5.69 Å². The van der Waals surface area contributed by atoms with Crippen molar-refractivity contribution in [2.24, 2.45) is 5.84 Å². The molecule has 0 saturated heterocycles. The van der Waals surface area contributed by atoms with Crippen LogP contribution in [0.5, 0.6) is 0 Å². The van der Waals surface area contributed by atoms with Gasteiger partial charge in [-0.2, -0.15) is 5.10 Å². The standard InChI is InChI=1S/C16H17N5/c1-12-11-13(7-9-18-12)16(20-17)15-8-10-19-21(15)14-5-3-2-4-6-14/h2-11,16,20H,17H2,1H3. The Kier molecular flexibility index (Phi) is 3.77. The van der Waals surface area contributed by atoms with E-state index in [4.69, 9.17) is 5.84 Å². The van der Waals surface area contributed by atoms with Crippen LogP contribution in [0.25, 0.3) is 5.69 Å². The summed E-state index contributed by atoms with van der Waals surface area (Å²) in [7, 11) is 0. The van der Waals surface area contributed by atoms with E-state index >= 15 is 0 Å². The first kappa shape index (κ1) is 13.5. The van der Waals surface area contributed by atoms with Gasteiger partial charge in [0.1, 0.15) is 0 Å². The summed E-state index contributed by atoms with van der Waals surface area (Å²) in [5, 5.41) is 4.41. The second kappa shape index (κ2) is 5.87. The topological polar surface area (TPSA) is 68.8 Å². The number of nitrogens with one attached hydrogen (secondary N) is 1. The molecule has 3 aromatic rings. The average Bonchev–Trinajstić information content (AvgIpc) is 2.98. The molecule has 21 heavy (non-hydrogen) atoms. The van der Waals surface area contributed by atoms with E-state index in [2.05, 4.69) is 15.5 Å². The molecule has 5 heteroatoms. The molecule has 0 radical (unpaired) electrons. The van der Waals surface area contributed by atoms with Gasteiger partial charge in [-0.1, -0.05) is 18.2 Å². The number of rotatable bonds is 4. The van der Waals surface area contributed by atoms with E-state index < -0.39 is 0 Å². The lowest BCUT2D eigenvalue weighted by molar-refractivity contribution is 0.596. The van der Waals surface area contributed by atoms with Crippen LogP contribution in [0.2, 0.25) is 0 Å². The molecule has 0 saturated carbocycles. The van der Waals surface area contributed by atoms with Crippen LogP contribution in [0.4, 0.5) is 0 Å². The van der Waals surface area contributed by atoms with Crippen LogP contribution in [-0.4, -0.2) is 14.8 Å². The summed E-state index contributed by atoms with van der Waals surface area (Å²) < 4.78 is 1.89. The van der Waals surface area contributed by atoms with Crippen molar-refractivity contribution in [2.75, 3.05) is 0 Å². The van der Waals surface area contributed by atoms with Crippen LogP contribution in [0.15, 0.2) is 60.9 Å². The molecule has 0 amide bonds. The number of hydrazine groups is 1. The highest BCUT2D eigenvalue weighted by Crippen LogP contribution is 2.23. The number of nitrogens with two attached hydrogens (primary N) is 1. The summed E-state index contributed by atoms with van der Waals surface area (Å²) in [4.78, 5) is 4.23. The number of benzene rings is 1. The van der Waals surface area contributed by atoms with Gasteiger partial charge in [0.25, 0.3) is 0 Å². The summed E-state index contributed by atoms with van der Waals surface area (Å²) in [5.74, 6) is 5.78. The second-order valence-electron chi connectivity index (χ2n) is 4.83. The van der Waals surface area contributed by atoms with Crippen molar-refractivity contribution in [1.82, 2.24) is 20.2 Å². The van der Waals surface area contributed by atoms with E-state index in [1.807, 2.05) is 60.1 Å². The molecule has 106 valence electrons. The van der Waals surface area contributed by atoms with Crippen molar-refractivity contribution in [3.63, 3.8) is 0 Å². The van der Waals surface area contributed by atoms with E-state index in [9.17, 15) is 0 Å². The molecule has 2 aromatic heterocycles. The Balaban J connectivity index is 2.05. The zero-order valence-electron chi connectivity index (χ0n) is 11.8. The van der Waals surface area contributed by atoms with Gasteiger partial charge in [0.2, 0.25) is 0 Å². The van der Waals surface area contributed by atoms with Gasteiger partial charge in [-0.3, -0.25) is 10.8 Å². The molecule has 0 bridgehead atoms. The number of aryl methyl sites for hydroxylation is 1. The minimum atomic E-state index is -0.144. The summed E-state index contributed by atoms with van der Waals surface area (Å²) in [6.07, 6.45) is 3.57. The average molecular weight is 279 g/mol. The van der Waals surface area contributed by atoms with Gasteiger partial charge in [-0.25, -0.2) is 10.1 Å². The molecule has 0 aliphatic rings. The zero-order chi connectivity index (χ0) is 14.7. The molecule has 3 N–H and O–H groups in total. The molecule has 0 aliphatic carbocycles. The fraction of sp³-hybridized carbons (Fsp3) is 0.125. The fourth-order valence-electron chi connectivity index (χ4n) is 2.42. The van der Waals surface area contributed by atoms with Gasteiger partial charge < -0.3 is 0 Å². The minimum Gasteiger partial charge on any atom is -0.271 e. The van der Waals surface area contributed by atoms with Gasteiger partial charge in [0.05, 0.1) is 17.4 Å². The SMILES string of the molecule is Cc1cc(C(NN)c2ccnn2-c2ccccc2)ccn1. The predicted molar refractivity (Wildman–Crippen MR) is 81.7 cm³/mol. The number of nitrogens with zero attached hydrogens (tertiary/aromatic N) is 3. The fourth-order valence-corrected chi connectivity index (χ4v) is 2.42. The van der Waals surface area contributed by atoms with E-state index in [0.29, 0.717) is 0 Å². The first-order chi connectivity index (χ1) is 10.3. The largest absolute Gasteiger partial charge is 0.271 e. The maximum atomic E-state index is 5.78.